The number of nitrogens with one attached hydrogen (secondary N) is 2. The molecule has 4 heteroatoms. The SMILES string of the molecule is COc1cc(C)ccc1NC(=O)Nc1ccc(C)cc1. The number of hydrogen-bond acceptors (Lipinski definition) is 2. The van der Waals surface area contributed by atoms with Crippen LogP contribution in [0.25, 0.3) is 0 Å². The van der Waals surface area contributed by atoms with Gasteiger partial charge in [-0.15, -0.1) is 0 Å². The Bertz CT molecular complexity index is 606. The number of methoxy groups -OCH3 is 1. The van der Waals surface area contributed by atoms with Crippen LogP contribution in [0.3, 0.4) is 0 Å². The van der Waals surface area contributed by atoms with Crippen molar-refractivity contribution in [2.75, 3.05) is 17.7 Å². The number of carbonyl (C=O) groups excluding carboxylic acids is 1. The number of carbonyl (C=O) groups is 1. The Morgan fingerprint density at radius 1 is 0.950 bits per heavy atom. The zero-order valence-corrected chi connectivity index (χ0v) is 11.9. The van der Waals surface area contributed by atoms with Crippen LogP contribution < -0.4 is 15.4 Å². The van der Waals surface area contributed by atoms with Crippen molar-refractivity contribution in [1.82, 2.24) is 0 Å². The van der Waals surface area contributed by atoms with Crippen LogP contribution in [0.5, 0.6) is 5.75 Å². The number of aryl methyl sites for hydroxylation is 2. The molecule has 0 aliphatic rings. The maximum Gasteiger partial charge on any atom is 0.323 e. The Kier molecular flexibility index (Phi) is 4.25. The molecule has 0 bridgehead atoms. The van der Waals surface area contributed by atoms with E-state index in [1.165, 1.54) is 0 Å². The summed E-state index contributed by atoms with van der Waals surface area (Å²) in [6.07, 6.45) is 0. The first-order chi connectivity index (χ1) is 9.58. The minimum absolute atomic E-state index is 0.295. The Balaban J connectivity index is 2.06. The fourth-order valence-corrected chi connectivity index (χ4v) is 1.82. The molecule has 0 radical (unpaired) electrons. The van der Waals surface area contributed by atoms with Crippen molar-refractivity contribution in [3.8, 4) is 5.75 Å². The maximum absolute atomic E-state index is 11.9. The average molecular weight is 270 g/mol. The van der Waals surface area contributed by atoms with E-state index in [9.17, 15) is 4.79 Å². The summed E-state index contributed by atoms with van der Waals surface area (Å²) in [4.78, 5) is 11.9. The molecule has 4 nitrogen and oxygen atoms in total. The number of anilines is 2. The summed E-state index contributed by atoms with van der Waals surface area (Å²) in [5.41, 5.74) is 3.62. The predicted octanol–water partition coefficient (Wildman–Crippen LogP) is 3.96. The molecule has 2 N–H and O–H groups in total. The smallest absolute Gasteiger partial charge is 0.323 e. The van der Waals surface area contributed by atoms with E-state index >= 15 is 0 Å². The van der Waals surface area contributed by atoms with Crippen LogP contribution in [-0.4, -0.2) is 13.1 Å². The van der Waals surface area contributed by atoms with Gasteiger partial charge in [0.25, 0.3) is 0 Å². The van der Waals surface area contributed by atoms with E-state index in [1.54, 1.807) is 7.11 Å². The van der Waals surface area contributed by atoms with Crippen LogP contribution in [0, 0.1) is 13.8 Å². The molecule has 0 heterocycles. The van der Waals surface area contributed by atoms with Gasteiger partial charge in [0.05, 0.1) is 12.8 Å². The fraction of sp³-hybridized carbons (Fsp3) is 0.188. The molecule has 2 aromatic carbocycles. The van der Waals surface area contributed by atoms with Crippen molar-refractivity contribution in [2.45, 2.75) is 13.8 Å². The van der Waals surface area contributed by atoms with Crippen molar-refractivity contribution in [3.63, 3.8) is 0 Å². The zero-order chi connectivity index (χ0) is 14.5. The summed E-state index contributed by atoms with van der Waals surface area (Å²) in [7, 11) is 1.58. The van der Waals surface area contributed by atoms with Gasteiger partial charge in [0.2, 0.25) is 0 Å². The quantitative estimate of drug-likeness (QED) is 0.887. The molecule has 0 atom stereocenters. The standard InChI is InChI=1S/C16H18N2O2/c1-11-4-7-13(8-5-11)17-16(19)18-14-9-6-12(2)10-15(14)20-3/h4-10H,1-3H3,(H2,17,18,19). The molecule has 0 fully saturated rings. The molecule has 0 saturated heterocycles. The number of benzene rings is 2. The third kappa shape index (κ3) is 3.51. The lowest BCUT2D eigenvalue weighted by molar-refractivity contribution is 0.262. The highest BCUT2D eigenvalue weighted by Crippen LogP contribution is 2.25. The average Bonchev–Trinajstić information content (AvgIpc) is 2.43. The molecule has 0 saturated carbocycles. The summed E-state index contributed by atoms with van der Waals surface area (Å²) in [5, 5.41) is 5.55. The Hall–Kier alpha value is -2.49. The third-order valence-electron chi connectivity index (χ3n) is 2.91. The highest BCUT2D eigenvalue weighted by atomic mass is 16.5. The van der Waals surface area contributed by atoms with Crippen molar-refractivity contribution in [1.29, 1.82) is 0 Å². The molecule has 104 valence electrons. The molecule has 0 unspecified atom stereocenters. The van der Waals surface area contributed by atoms with Crippen LogP contribution in [0.2, 0.25) is 0 Å². The molecular weight excluding hydrogens is 252 g/mol. The molecule has 2 aromatic rings. The monoisotopic (exact) mass is 270 g/mol. The normalized spacial score (nSPS) is 9.95. The largest absolute Gasteiger partial charge is 0.495 e. The molecule has 0 aliphatic carbocycles. The van der Waals surface area contributed by atoms with Crippen LogP contribution in [-0.2, 0) is 0 Å². The first kappa shape index (κ1) is 13.9. The first-order valence-corrected chi connectivity index (χ1v) is 6.38. The number of rotatable bonds is 3. The third-order valence-corrected chi connectivity index (χ3v) is 2.91. The predicted molar refractivity (Wildman–Crippen MR) is 81.6 cm³/mol. The highest BCUT2D eigenvalue weighted by Gasteiger charge is 2.07. The summed E-state index contributed by atoms with van der Waals surface area (Å²) in [6.45, 7) is 3.97. The molecule has 2 amide bonds. The summed E-state index contributed by atoms with van der Waals surface area (Å²) in [6, 6.07) is 12.9. The molecule has 20 heavy (non-hydrogen) atoms. The van der Waals surface area contributed by atoms with E-state index in [4.69, 9.17) is 4.74 Å². The summed E-state index contributed by atoms with van der Waals surface area (Å²) in [5.74, 6) is 0.643. The van der Waals surface area contributed by atoms with Crippen LogP contribution in [0.4, 0.5) is 16.2 Å². The van der Waals surface area contributed by atoms with Crippen LogP contribution >= 0.6 is 0 Å². The first-order valence-electron chi connectivity index (χ1n) is 6.38. The van der Waals surface area contributed by atoms with Crippen molar-refractivity contribution >= 4 is 17.4 Å². The minimum atomic E-state index is -0.295. The van der Waals surface area contributed by atoms with Gasteiger partial charge in [-0.25, -0.2) is 4.79 Å². The molecule has 2 rings (SSSR count). The van der Waals surface area contributed by atoms with E-state index in [-0.39, 0.29) is 6.03 Å². The Morgan fingerprint density at radius 3 is 2.25 bits per heavy atom. The molecule has 0 aromatic heterocycles. The number of hydrogen-bond donors (Lipinski definition) is 2. The topological polar surface area (TPSA) is 50.4 Å². The molecule has 0 spiro atoms. The van der Waals surface area contributed by atoms with E-state index in [1.807, 2.05) is 56.3 Å². The maximum atomic E-state index is 11.9. The van der Waals surface area contributed by atoms with Crippen molar-refractivity contribution in [2.24, 2.45) is 0 Å². The van der Waals surface area contributed by atoms with E-state index in [2.05, 4.69) is 10.6 Å². The van der Waals surface area contributed by atoms with E-state index < -0.39 is 0 Å². The second kappa shape index (κ2) is 6.10. The van der Waals surface area contributed by atoms with Gasteiger partial charge in [-0.3, -0.25) is 0 Å². The molecular formula is C16H18N2O2. The van der Waals surface area contributed by atoms with Gasteiger partial charge in [0.15, 0.2) is 0 Å². The van der Waals surface area contributed by atoms with Gasteiger partial charge in [0, 0.05) is 5.69 Å². The van der Waals surface area contributed by atoms with Gasteiger partial charge in [-0.2, -0.15) is 0 Å². The highest BCUT2D eigenvalue weighted by molar-refractivity contribution is 6.00. The van der Waals surface area contributed by atoms with Gasteiger partial charge < -0.3 is 15.4 Å². The lowest BCUT2D eigenvalue weighted by atomic mass is 10.2. The van der Waals surface area contributed by atoms with Gasteiger partial charge in [0.1, 0.15) is 5.75 Å². The number of ether oxygens (including phenoxy) is 1. The summed E-state index contributed by atoms with van der Waals surface area (Å²) >= 11 is 0. The number of amides is 2. The lowest BCUT2D eigenvalue weighted by Crippen LogP contribution is -2.19. The zero-order valence-electron chi connectivity index (χ0n) is 11.9. The van der Waals surface area contributed by atoms with Gasteiger partial charge >= 0.3 is 6.03 Å². The molecule has 0 aliphatic heterocycles. The fourth-order valence-electron chi connectivity index (χ4n) is 1.82. The van der Waals surface area contributed by atoms with Gasteiger partial charge in [-0.1, -0.05) is 23.8 Å². The minimum Gasteiger partial charge on any atom is -0.495 e. The van der Waals surface area contributed by atoms with Crippen LogP contribution in [0.15, 0.2) is 42.5 Å². The Labute approximate surface area is 118 Å². The Morgan fingerprint density at radius 2 is 1.60 bits per heavy atom. The van der Waals surface area contributed by atoms with Crippen molar-refractivity contribution < 1.29 is 9.53 Å². The lowest BCUT2D eigenvalue weighted by Gasteiger charge is -2.12. The second-order valence-corrected chi connectivity index (χ2v) is 4.65. The summed E-state index contributed by atoms with van der Waals surface area (Å²) < 4.78 is 5.25. The van der Waals surface area contributed by atoms with Crippen molar-refractivity contribution in [3.05, 3.63) is 53.6 Å². The second-order valence-electron chi connectivity index (χ2n) is 4.65. The number of urea groups is 1. The van der Waals surface area contributed by atoms with Gasteiger partial charge in [-0.05, 0) is 43.7 Å². The van der Waals surface area contributed by atoms with E-state index in [0.29, 0.717) is 11.4 Å². The van der Waals surface area contributed by atoms with Crippen LogP contribution in [0.1, 0.15) is 11.1 Å². The van der Waals surface area contributed by atoms with E-state index in [0.717, 1.165) is 16.8 Å².